The van der Waals surface area contributed by atoms with Gasteiger partial charge in [0.25, 0.3) is 0 Å². The molecule has 1 heterocycles. The van der Waals surface area contributed by atoms with Crippen LogP contribution in [-0.2, 0) is 9.47 Å². The summed E-state index contributed by atoms with van der Waals surface area (Å²) in [7, 11) is 1.65. The number of hydrogen-bond donors (Lipinski definition) is 0. The molecule has 1 unspecified atom stereocenters. The lowest BCUT2D eigenvalue weighted by atomic mass is 10.1. The van der Waals surface area contributed by atoms with E-state index in [1.54, 1.807) is 12.0 Å². The van der Waals surface area contributed by atoms with Gasteiger partial charge in [-0.1, -0.05) is 6.08 Å². The number of piperazine rings is 1. The number of carbonyl (C=O) groups excluding carboxylic acids is 1. The van der Waals surface area contributed by atoms with Gasteiger partial charge in [0.05, 0.1) is 18.7 Å². The van der Waals surface area contributed by atoms with Gasteiger partial charge >= 0.3 is 6.09 Å². The molecule has 1 aliphatic rings. The maximum atomic E-state index is 12.1. The van der Waals surface area contributed by atoms with Gasteiger partial charge in [-0.2, -0.15) is 5.26 Å². The van der Waals surface area contributed by atoms with E-state index in [-0.39, 0.29) is 12.1 Å². The zero-order chi connectivity index (χ0) is 15.9. The Kier molecular flexibility index (Phi) is 6.66. The van der Waals surface area contributed by atoms with Gasteiger partial charge in [-0.3, -0.25) is 4.90 Å². The van der Waals surface area contributed by atoms with Crippen molar-refractivity contribution in [2.24, 2.45) is 0 Å². The highest BCUT2D eigenvalue weighted by Gasteiger charge is 2.31. The molecule has 6 nitrogen and oxygen atoms in total. The Morgan fingerprint density at radius 1 is 1.43 bits per heavy atom. The lowest BCUT2D eigenvalue weighted by Gasteiger charge is -2.40. The number of amides is 1. The Labute approximate surface area is 126 Å². The quantitative estimate of drug-likeness (QED) is 0.738. The average molecular weight is 295 g/mol. The number of ether oxygens (including phenoxy) is 2. The molecule has 0 radical (unpaired) electrons. The predicted molar refractivity (Wildman–Crippen MR) is 79.8 cm³/mol. The number of methoxy groups -OCH3 is 1. The third-order valence-corrected chi connectivity index (χ3v) is 3.15. The van der Waals surface area contributed by atoms with Crippen molar-refractivity contribution in [2.75, 3.05) is 39.9 Å². The summed E-state index contributed by atoms with van der Waals surface area (Å²) < 4.78 is 10.6. The number of hydrogen-bond acceptors (Lipinski definition) is 5. The van der Waals surface area contributed by atoms with E-state index >= 15 is 0 Å². The molecule has 6 heteroatoms. The summed E-state index contributed by atoms with van der Waals surface area (Å²) in [4.78, 5) is 16.0. The molecule has 0 aromatic rings. The van der Waals surface area contributed by atoms with E-state index in [2.05, 4.69) is 4.90 Å². The molecule has 0 N–H and O–H groups in total. The second kappa shape index (κ2) is 8.01. The molecule has 0 bridgehead atoms. The summed E-state index contributed by atoms with van der Waals surface area (Å²) in [5.41, 5.74) is -0.486. The van der Waals surface area contributed by atoms with E-state index in [9.17, 15) is 4.79 Å². The van der Waals surface area contributed by atoms with E-state index in [1.165, 1.54) is 6.08 Å². The van der Waals surface area contributed by atoms with Crippen LogP contribution in [0.1, 0.15) is 20.8 Å². The van der Waals surface area contributed by atoms with Crippen LogP contribution in [0, 0.1) is 11.3 Å². The largest absolute Gasteiger partial charge is 0.444 e. The number of rotatable bonds is 4. The Balaban J connectivity index is 2.61. The second-order valence-electron chi connectivity index (χ2n) is 6.06. The van der Waals surface area contributed by atoms with Crippen LogP contribution in [0.2, 0.25) is 0 Å². The molecule has 1 fully saturated rings. The van der Waals surface area contributed by atoms with Crippen molar-refractivity contribution in [1.82, 2.24) is 9.80 Å². The van der Waals surface area contributed by atoms with Crippen LogP contribution in [0.4, 0.5) is 4.79 Å². The molecule has 21 heavy (non-hydrogen) atoms. The molecule has 0 aromatic carbocycles. The highest BCUT2D eigenvalue weighted by molar-refractivity contribution is 5.68. The monoisotopic (exact) mass is 295 g/mol. The molecule has 1 atom stereocenters. The lowest BCUT2D eigenvalue weighted by molar-refractivity contribution is -0.00606. The van der Waals surface area contributed by atoms with Crippen molar-refractivity contribution in [2.45, 2.75) is 32.4 Å². The fraction of sp³-hybridized carbons (Fsp3) is 0.733. The van der Waals surface area contributed by atoms with Gasteiger partial charge in [0, 0.05) is 39.4 Å². The summed E-state index contributed by atoms with van der Waals surface area (Å²) in [6, 6.07) is 2.09. The summed E-state index contributed by atoms with van der Waals surface area (Å²) in [5.74, 6) is 0. The molecular weight excluding hydrogens is 270 g/mol. The molecular formula is C15H25N3O3. The predicted octanol–water partition coefficient (Wildman–Crippen LogP) is 1.63. The van der Waals surface area contributed by atoms with Crippen molar-refractivity contribution in [3.8, 4) is 6.07 Å². The normalized spacial score (nSPS) is 20.5. The minimum atomic E-state index is -0.486. The maximum Gasteiger partial charge on any atom is 0.410 e. The van der Waals surface area contributed by atoms with Gasteiger partial charge in [0.1, 0.15) is 5.60 Å². The van der Waals surface area contributed by atoms with Crippen molar-refractivity contribution in [1.29, 1.82) is 5.26 Å². The van der Waals surface area contributed by atoms with Crippen molar-refractivity contribution in [3.05, 3.63) is 12.2 Å². The van der Waals surface area contributed by atoms with E-state index in [1.807, 2.05) is 32.9 Å². The van der Waals surface area contributed by atoms with Gasteiger partial charge in [-0.05, 0) is 20.8 Å². The molecule has 1 saturated heterocycles. The molecule has 118 valence electrons. The summed E-state index contributed by atoms with van der Waals surface area (Å²) in [6.07, 6.45) is 3.02. The molecule has 0 spiro atoms. The van der Waals surface area contributed by atoms with Gasteiger partial charge in [0.2, 0.25) is 0 Å². The zero-order valence-corrected chi connectivity index (χ0v) is 13.3. The Morgan fingerprint density at radius 2 is 2.14 bits per heavy atom. The zero-order valence-electron chi connectivity index (χ0n) is 13.3. The van der Waals surface area contributed by atoms with E-state index in [0.29, 0.717) is 26.2 Å². The van der Waals surface area contributed by atoms with Crippen LogP contribution in [-0.4, -0.2) is 67.4 Å². The fourth-order valence-corrected chi connectivity index (χ4v) is 2.22. The van der Waals surface area contributed by atoms with Gasteiger partial charge < -0.3 is 14.4 Å². The number of nitrogens with zero attached hydrogens (tertiary/aromatic N) is 3. The first-order chi connectivity index (χ1) is 9.87. The second-order valence-corrected chi connectivity index (χ2v) is 6.06. The highest BCUT2D eigenvalue weighted by atomic mass is 16.6. The van der Waals surface area contributed by atoms with Crippen molar-refractivity contribution >= 4 is 6.09 Å². The molecule has 0 saturated carbocycles. The first-order valence-corrected chi connectivity index (χ1v) is 7.13. The minimum absolute atomic E-state index is 0.111. The summed E-state index contributed by atoms with van der Waals surface area (Å²) in [5, 5.41) is 8.54. The number of allylic oxidation sites excluding steroid dienone is 1. The summed E-state index contributed by atoms with van der Waals surface area (Å²) in [6.45, 7) is 8.74. The van der Waals surface area contributed by atoms with E-state index in [0.717, 1.165) is 6.54 Å². The van der Waals surface area contributed by atoms with E-state index < -0.39 is 5.60 Å². The number of nitriles is 1. The third kappa shape index (κ3) is 6.15. The third-order valence-electron chi connectivity index (χ3n) is 3.15. The van der Waals surface area contributed by atoms with Gasteiger partial charge in [-0.25, -0.2) is 4.79 Å². The topological polar surface area (TPSA) is 65.8 Å². The molecule has 1 rings (SSSR count). The van der Waals surface area contributed by atoms with Crippen LogP contribution in [0.3, 0.4) is 0 Å². The van der Waals surface area contributed by atoms with Gasteiger partial charge in [-0.15, -0.1) is 0 Å². The standard InChI is InChI=1S/C15H25N3O3/c1-15(2,3)21-14(19)18-10-9-17(8-6-5-7-16)13(11-18)12-20-4/h5-6,13H,8-12H2,1-4H3/b6-5-. The molecule has 0 aliphatic carbocycles. The summed E-state index contributed by atoms with van der Waals surface area (Å²) >= 11 is 0. The number of carbonyl (C=O) groups is 1. The van der Waals surface area contributed by atoms with Crippen LogP contribution in [0.25, 0.3) is 0 Å². The average Bonchev–Trinajstić information content (AvgIpc) is 2.39. The van der Waals surface area contributed by atoms with Crippen molar-refractivity contribution < 1.29 is 14.3 Å². The first kappa shape index (κ1) is 17.5. The Morgan fingerprint density at radius 3 is 2.71 bits per heavy atom. The molecule has 1 aliphatic heterocycles. The van der Waals surface area contributed by atoms with Crippen LogP contribution < -0.4 is 0 Å². The van der Waals surface area contributed by atoms with Crippen LogP contribution >= 0.6 is 0 Å². The lowest BCUT2D eigenvalue weighted by Crippen LogP contribution is -2.56. The smallest absolute Gasteiger partial charge is 0.410 e. The van der Waals surface area contributed by atoms with Crippen LogP contribution in [0.5, 0.6) is 0 Å². The molecule has 0 aromatic heterocycles. The van der Waals surface area contributed by atoms with Crippen LogP contribution in [0.15, 0.2) is 12.2 Å². The highest BCUT2D eigenvalue weighted by Crippen LogP contribution is 2.15. The molecule has 1 amide bonds. The maximum absolute atomic E-state index is 12.1. The first-order valence-electron chi connectivity index (χ1n) is 7.13. The van der Waals surface area contributed by atoms with Crippen molar-refractivity contribution in [3.63, 3.8) is 0 Å². The van der Waals surface area contributed by atoms with E-state index in [4.69, 9.17) is 14.7 Å². The Hall–Kier alpha value is -1.58. The minimum Gasteiger partial charge on any atom is -0.444 e. The SMILES string of the molecule is COCC1CN(C(=O)OC(C)(C)C)CCN1C/C=C\C#N. The Bertz CT molecular complexity index is 409. The fourth-order valence-electron chi connectivity index (χ4n) is 2.22. The van der Waals surface area contributed by atoms with Gasteiger partial charge in [0.15, 0.2) is 0 Å².